The predicted octanol–water partition coefficient (Wildman–Crippen LogP) is 10.6. The number of ether oxygens (including phenoxy) is 4. The molecule has 0 aromatic heterocycles. The van der Waals surface area contributed by atoms with Crippen LogP contribution in [0.1, 0.15) is 140 Å². The SMILES string of the molecule is C=CC(=O)OCCCC1CCC(c2ccc(C(=O)Oc3ccc(CCC)cc3OC(=O)c3ccc(C4CCC(CCCOC(=O)C=C)CC4)cc3)cc2)CC1. The summed E-state index contributed by atoms with van der Waals surface area (Å²) in [6.45, 7) is 9.82. The summed E-state index contributed by atoms with van der Waals surface area (Å²) in [7, 11) is 0. The average Bonchev–Trinajstić information content (AvgIpc) is 3.22. The topological polar surface area (TPSA) is 105 Å². The molecule has 2 fully saturated rings. The third-order valence-electron chi connectivity index (χ3n) is 11.2. The number of benzene rings is 3. The van der Waals surface area contributed by atoms with Gasteiger partial charge in [-0.2, -0.15) is 0 Å². The van der Waals surface area contributed by atoms with Crippen LogP contribution >= 0.6 is 0 Å². The highest BCUT2D eigenvalue weighted by Crippen LogP contribution is 2.39. The van der Waals surface area contributed by atoms with Crippen molar-refractivity contribution in [3.8, 4) is 11.5 Å². The number of carbonyl (C=O) groups is 4. The summed E-state index contributed by atoms with van der Waals surface area (Å²) >= 11 is 0. The van der Waals surface area contributed by atoms with Crippen molar-refractivity contribution < 1.29 is 38.1 Å². The fourth-order valence-corrected chi connectivity index (χ4v) is 8.04. The Morgan fingerprint density at radius 1 is 0.600 bits per heavy atom. The van der Waals surface area contributed by atoms with E-state index in [1.807, 2.05) is 54.6 Å². The third kappa shape index (κ3) is 12.5. The first kappa shape index (κ1) is 41.2. The van der Waals surface area contributed by atoms with E-state index < -0.39 is 11.9 Å². The van der Waals surface area contributed by atoms with Crippen LogP contribution in [0.3, 0.4) is 0 Å². The number of rotatable bonds is 18. The Bertz CT molecular complexity index is 1740. The minimum absolute atomic E-state index is 0.201. The van der Waals surface area contributed by atoms with Crippen LogP contribution in [0.15, 0.2) is 92.0 Å². The first-order chi connectivity index (χ1) is 26.8. The van der Waals surface area contributed by atoms with Crippen molar-refractivity contribution in [2.45, 2.75) is 109 Å². The second kappa shape index (κ2) is 21.2. The quantitative estimate of drug-likeness (QED) is 0.0548. The molecule has 2 aliphatic rings. The highest BCUT2D eigenvalue weighted by Gasteiger charge is 2.25. The molecule has 55 heavy (non-hydrogen) atoms. The van der Waals surface area contributed by atoms with Gasteiger partial charge in [0.1, 0.15) is 0 Å². The Morgan fingerprint density at radius 2 is 1.04 bits per heavy atom. The molecular weight excluding hydrogens is 693 g/mol. The normalized spacial score (nSPS) is 19.4. The highest BCUT2D eigenvalue weighted by atomic mass is 16.6. The molecule has 0 heterocycles. The van der Waals surface area contributed by atoms with Crippen molar-refractivity contribution in [3.63, 3.8) is 0 Å². The molecule has 3 aromatic rings. The van der Waals surface area contributed by atoms with Crippen LogP contribution in [0.2, 0.25) is 0 Å². The zero-order valence-corrected chi connectivity index (χ0v) is 32.3. The van der Waals surface area contributed by atoms with E-state index in [4.69, 9.17) is 18.9 Å². The number of esters is 4. The van der Waals surface area contributed by atoms with Gasteiger partial charge in [0.05, 0.1) is 24.3 Å². The zero-order valence-electron chi connectivity index (χ0n) is 32.3. The van der Waals surface area contributed by atoms with Crippen LogP contribution in [0.4, 0.5) is 0 Å². The maximum absolute atomic E-state index is 13.4. The molecular formula is C47H56O8. The van der Waals surface area contributed by atoms with Crippen molar-refractivity contribution in [1.82, 2.24) is 0 Å². The van der Waals surface area contributed by atoms with Gasteiger partial charge in [-0.3, -0.25) is 0 Å². The van der Waals surface area contributed by atoms with Crippen molar-refractivity contribution in [2.75, 3.05) is 13.2 Å². The van der Waals surface area contributed by atoms with Gasteiger partial charge in [-0.1, -0.05) is 56.8 Å². The first-order valence-electron chi connectivity index (χ1n) is 20.1. The van der Waals surface area contributed by atoms with Crippen molar-refractivity contribution >= 4 is 23.9 Å². The van der Waals surface area contributed by atoms with Crippen molar-refractivity contribution in [3.05, 3.63) is 120 Å². The average molecular weight is 749 g/mol. The van der Waals surface area contributed by atoms with E-state index in [-0.39, 0.29) is 23.4 Å². The fraction of sp³-hybridized carbons (Fsp3) is 0.447. The summed E-state index contributed by atoms with van der Waals surface area (Å²) in [6, 6.07) is 20.7. The van der Waals surface area contributed by atoms with Crippen molar-refractivity contribution in [2.24, 2.45) is 11.8 Å². The fourth-order valence-electron chi connectivity index (χ4n) is 8.04. The van der Waals surface area contributed by atoms with Crippen LogP contribution in [0.5, 0.6) is 11.5 Å². The third-order valence-corrected chi connectivity index (χ3v) is 11.2. The molecule has 0 atom stereocenters. The molecule has 8 nitrogen and oxygen atoms in total. The molecule has 0 spiro atoms. The lowest BCUT2D eigenvalue weighted by Gasteiger charge is -2.29. The van der Waals surface area contributed by atoms with Crippen LogP contribution < -0.4 is 9.47 Å². The Balaban J connectivity index is 1.12. The van der Waals surface area contributed by atoms with E-state index in [1.54, 1.807) is 12.1 Å². The maximum atomic E-state index is 13.4. The minimum atomic E-state index is -0.511. The lowest BCUT2D eigenvalue weighted by Crippen LogP contribution is -2.15. The molecule has 0 amide bonds. The van der Waals surface area contributed by atoms with E-state index in [0.29, 0.717) is 48.0 Å². The lowest BCUT2D eigenvalue weighted by molar-refractivity contribution is -0.138. The summed E-state index contributed by atoms with van der Waals surface area (Å²) in [5, 5.41) is 0. The molecule has 0 radical (unpaired) electrons. The number of hydrogen-bond acceptors (Lipinski definition) is 8. The van der Waals surface area contributed by atoms with Crippen LogP contribution in [-0.4, -0.2) is 37.1 Å². The number of hydrogen-bond donors (Lipinski definition) is 0. The summed E-state index contributed by atoms with van der Waals surface area (Å²) in [4.78, 5) is 49.2. The highest BCUT2D eigenvalue weighted by molar-refractivity contribution is 5.93. The largest absolute Gasteiger partial charge is 0.463 e. The minimum Gasteiger partial charge on any atom is -0.463 e. The van der Waals surface area contributed by atoms with Gasteiger partial charge in [0.15, 0.2) is 11.5 Å². The lowest BCUT2D eigenvalue weighted by atomic mass is 9.77. The summed E-state index contributed by atoms with van der Waals surface area (Å²) in [5.74, 6) is 0.825. The van der Waals surface area contributed by atoms with Gasteiger partial charge in [0, 0.05) is 12.2 Å². The molecule has 3 aromatic carbocycles. The van der Waals surface area contributed by atoms with Gasteiger partial charge in [-0.05, 0) is 160 Å². The molecule has 0 N–H and O–H groups in total. The van der Waals surface area contributed by atoms with Gasteiger partial charge in [0.25, 0.3) is 0 Å². The molecule has 2 saturated carbocycles. The molecule has 8 heteroatoms. The van der Waals surface area contributed by atoms with Gasteiger partial charge in [-0.25, -0.2) is 19.2 Å². The molecule has 292 valence electrons. The first-order valence-corrected chi connectivity index (χ1v) is 20.1. The zero-order chi connectivity index (χ0) is 39.0. The van der Waals surface area contributed by atoms with E-state index in [9.17, 15) is 19.2 Å². The molecule has 5 rings (SSSR count). The molecule has 0 saturated heterocycles. The van der Waals surface area contributed by atoms with E-state index in [2.05, 4.69) is 20.1 Å². The monoisotopic (exact) mass is 748 g/mol. The van der Waals surface area contributed by atoms with Gasteiger partial charge >= 0.3 is 23.9 Å². The number of carbonyl (C=O) groups excluding carboxylic acids is 4. The van der Waals surface area contributed by atoms with E-state index in [1.165, 1.54) is 23.3 Å². The molecule has 2 aliphatic carbocycles. The Morgan fingerprint density at radius 3 is 1.45 bits per heavy atom. The maximum Gasteiger partial charge on any atom is 0.343 e. The molecule has 0 unspecified atom stereocenters. The standard InChI is InChI=1S/C47H56O8/c1-4-9-35-16-29-42(54-46(50)40-25-21-38(22-26-40)36-17-12-33(13-18-36)10-7-30-52-44(48)5-2)43(32-35)55-47(51)41-27-23-39(24-28-41)37-19-14-34(15-20-37)11-8-31-53-45(49)6-3/h5-6,16,21-29,32-34,36-37H,2-4,7-15,17-20,30-31H2,1H3. The Kier molecular flexibility index (Phi) is 15.9. The number of aryl methyl sites for hydroxylation is 1. The summed E-state index contributed by atoms with van der Waals surface area (Å²) in [6.07, 6.45) is 16.8. The van der Waals surface area contributed by atoms with Gasteiger partial charge in [0.2, 0.25) is 0 Å². The van der Waals surface area contributed by atoms with Crippen molar-refractivity contribution in [1.29, 1.82) is 0 Å². The van der Waals surface area contributed by atoms with E-state index in [0.717, 1.165) is 95.5 Å². The second-order valence-corrected chi connectivity index (χ2v) is 15.0. The second-order valence-electron chi connectivity index (χ2n) is 15.0. The van der Waals surface area contributed by atoms with Crippen LogP contribution in [0.25, 0.3) is 0 Å². The molecule has 0 aliphatic heterocycles. The van der Waals surface area contributed by atoms with Gasteiger partial charge in [-0.15, -0.1) is 0 Å². The van der Waals surface area contributed by atoms with Gasteiger partial charge < -0.3 is 18.9 Å². The van der Waals surface area contributed by atoms with Crippen LogP contribution in [-0.2, 0) is 25.5 Å². The Hall–Kier alpha value is -4.98. The predicted molar refractivity (Wildman–Crippen MR) is 213 cm³/mol. The summed E-state index contributed by atoms with van der Waals surface area (Å²) < 4.78 is 22.0. The smallest absolute Gasteiger partial charge is 0.343 e. The molecule has 0 bridgehead atoms. The van der Waals surface area contributed by atoms with E-state index >= 15 is 0 Å². The summed E-state index contributed by atoms with van der Waals surface area (Å²) in [5.41, 5.74) is 4.29. The van der Waals surface area contributed by atoms with Crippen LogP contribution in [0, 0.1) is 11.8 Å². The Labute approximate surface area is 326 Å².